The van der Waals surface area contributed by atoms with E-state index >= 15 is 0 Å². The second-order valence-electron chi connectivity index (χ2n) is 6.66. The molecule has 3 aromatic rings. The third-order valence-electron chi connectivity index (χ3n) is 5.53. The lowest BCUT2D eigenvalue weighted by molar-refractivity contribution is 0.475. The molecule has 0 unspecified atom stereocenters. The first-order chi connectivity index (χ1) is 11.3. The molecule has 2 aliphatic carbocycles. The Morgan fingerprint density at radius 3 is 2.57 bits per heavy atom. The van der Waals surface area contributed by atoms with Gasteiger partial charge in [0.25, 0.3) is 0 Å². The number of ether oxygens (including phenoxy) is 1. The predicted molar refractivity (Wildman–Crippen MR) is 91.5 cm³/mol. The molecular formula is C21H15NO. The van der Waals surface area contributed by atoms with E-state index in [4.69, 9.17) is 4.74 Å². The molecule has 7 rings (SSSR count). The van der Waals surface area contributed by atoms with Gasteiger partial charge in [0.1, 0.15) is 0 Å². The van der Waals surface area contributed by atoms with Crippen LogP contribution in [-0.2, 0) is 12.8 Å². The maximum atomic E-state index is 6.17. The lowest BCUT2D eigenvalue weighted by Gasteiger charge is -2.41. The van der Waals surface area contributed by atoms with Crippen molar-refractivity contribution in [3.8, 4) is 11.5 Å². The first-order valence-electron chi connectivity index (χ1n) is 8.14. The molecule has 0 aromatic heterocycles. The van der Waals surface area contributed by atoms with Gasteiger partial charge in [-0.05, 0) is 65.4 Å². The second-order valence-corrected chi connectivity index (χ2v) is 6.66. The average molecular weight is 297 g/mol. The van der Waals surface area contributed by atoms with Crippen molar-refractivity contribution in [2.75, 3.05) is 4.90 Å². The number of benzene rings is 3. The summed E-state index contributed by atoms with van der Waals surface area (Å²) < 4.78 is 6.17. The van der Waals surface area contributed by atoms with Crippen LogP contribution in [0.15, 0.2) is 48.5 Å². The van der Waals surface area contributed by atoms with Crippen LogP contribution in [0.2, 0.25) is 0 Å². The van der Waals surface area contributed by atoms with Gasteiger partial charge in [-0.25, -0.2) is 0 Å². The quantitative estimate of drug-likeness (QED) is 0.373. The summed E-state index contributed by atoms with van der Waals surface area (Å²) in [6.07, 6.45) is 2.16. The van der Waals surface area contributed by atoms with Crippen molar-refractivity contribution in [2.24, 2.45) is 0 Å². The molecule has 0 spiro atoms. The topological polar surface area (TPSA) is 12.5 Å². The van der Waals surface area contributed by atoms with Crippen LogP contribution in [0.3, 0.4) is 0 Å². The molecule has 0 radical (unpaired) electrons. The zero-order valence-electron chi connectivity index (χ0n) is 12.9. The third kappa shape index (κ3) is 1.31. The smallest absolute Gasteiger partial charge is 0.151 e. The average Bonchev–Trinajstić information content (AvgIpc) is 2.60. The maximum absolute atomic E-state index is 6.17. The third-order valence-corrected chi connectivity index (χ3v) is 5.53. The summed E-state index contributed by atoms with van der Waals surface area (Å²) in [5.74, 6) is 1.91. The minimum absolute atomic E-state index is 0.939. The van der Waals surface area contributed by atoms with E-state index in [-0.39, 0.29) is 0 Å². The lowest BCUT2D eigenvalue weighted by Crippen LogP contribution is -2.26. The fraction of sp³-hybridized carbons (Fsp3) is 0.143. The number of rotatable bonds is 0. The van der Waals surface area contributed by atoms with Gasteiger partial charge in [0, 0.05) is 6.42 Å². The van der Waals surface area contributed by atoms with Crippen LogP contribution >= 0.6 is 0 Å². The summed E-state index contributed by atoms with van der Waals surface area (Å²) in [7, 11) is 0. The Kier molecular flexibility index (Phi) is 1.93. The molecule has 4 aliphatic rings. The summed E-state index contributed by atoms with van der Waals surface area (Å²) in [6.45, 7) is 2.26. The summed E-state index contributed by atoms with van der Waals surface area (Å²) in [5, 5.41) is 0. The molecule has 0 saturated heterocycles. The predicted octanol–water partition coefficient (Wildman–Crippen LogP) is 5.38. The molecule has 2 bridgehead atoms. The Bertz CT molecular complexity index is 1020. The zero-order chi connectivity index (χ0) is 15.1. The molecule has 2 aliphatic heterocycles. The van der Waals surface area contributed by atoms with Gasteiger partial charge in [-0.15, -0.1) is 0 Å². The van der Waals surface area contributed by atoms with E-state index in [0.29, 0.717) is 0 Å². The highest BCUT2D eigenvalue weighted by Crippen LogP contribution is 2.57. The molecule has 3 aromatic carbocycles. The summed E-state index contributed by atoms with van der Waals surface area (Å²) >= 11 is 0. The van der Waals surface area contributed by atoms with Crippen molar-refractivity contribution in [3.05, 3.63) is 76.3 Å². The number of fused-ring (bicyclic) bond motifs is 2. The molecule has 2 nitrogen and oxygen atoms in total. The SMILES string of the molecule is Cc1c2cc3c(c1C2)Cc1cccc2c1N3c1ccccc1O2. The monoisotopic (exact) mass is 297 g/mol. The number of hydrogen-bond donors (Lipinski definition) is 0. The molecular weight excluding hydrogens is 282 g/mol. The standard InChI is InChI=1S/C21H15NO/c1-12-14-10-15(12)16-9-13-5-4-8-20-21(13)22(18(16)11-14)17-6-2-3-7-19(17)23-20/h2-8,11H,9-10H2,1H3. The number of aryl methyl sites for hydroxylation is 1. The van der Waals surface area contributed by atoms with Crippen molar-refractivity contribution in [3.63, 3.8) is 0 Å². The van der Waals surface area contributed by atoms with Crippen LogP contribution in [0.25, 0.3) is 0 Å². The van der Waals surface area contributed by atoms with Gasteiger partial charge in [-0.2, -0.15) is 0 Å². The highest BCUT2D eigenvalue weighted by molar-refractivity contribution is 5.92. The van der Waals surface area contributed by atoms with Gasteiger partial charge < -0.3 is 9.64 Å². The first-order valence-corrected chi connectivity index (χ1v) is 8.14. The van der Waals surface area contributed by atoms with Crippen molar-refractivity contribution >= 4 is 17.1 Å². The van der Waals surface area contributed by atoms with E-state index < -0.39 is 0 Å². The van der Waals surface area contributed by atoms with Gasteiger partial charge in [-0.3, -0.25) is 0 Å². The van der Waals surface area contributed by atoms with Crippen molar-refractivity contribution in [2.45, 2.75) is 19.8 Å². The van der Waals surface area contributed by atoms with Crippen LogP contribution in [-0.4, -0.2) is 0 Å². The minimum atomic E-state index is 0.939. The summed E-state index contributed by atoms with van der Waals surface area (Å²) in [6, 6.07) is 17.2. The van der Waals surface area contributed by atoms with E-state index in [1.165, 1.54) is 33.6 Å². The number of hydrogen-bond acceptors (Lipinski definition) is 2. The summed E-state index contributed by atoms with van der Waals surface area (Å²) in [4.78, 5) is 2.41. The zero-order valence-corrected chi connectivity index (χ0v) is 12.9. The van der Waals surface area contributed by atoms with Crippen molar-refractivity contribution < 1.29 is 4.74 Å². The highest BCUT2D eigenvalue weighted by Gasteiger charge is 2.36. The van der Waals surface area contributed by atoms with E-state index in [1.807, 2.05) is 6.07 Å². The number of nitrogens with zero attached hydrogens (tertiary/aromatic N) is 1. The van der Waals surface area contributed by atoms with Gasteiger partial charge in [0.2, 0.25) is 0 Å². The molecule has 2 heteroatoms. The van der Waals surface area contributed by atoms with Gasteiger partial charge in [0.05, 0.1) is 17.1 Å². The van der Waals surface area contributed by atoms with Crippen LogP contribution in [0.5, 0.6) is 11.5 Å². The van der Waals surface area contributed by atoms with Crippen LogP contribution in [0, 0.1) is 6.92 Å². The Labute approximate surface area is 134 Å². The fourth-order valence-electron chi connectivity index (χ4n) is 4.29. The molecule has 0 atom stereocenters. The maximum Gasteiger partial charge on any atom is 0.151 e. The van der Waals surface area contributed by atoms with Crippen molar-refractivity contribution in [1.82, 2.24) is 0 Å². The van der Waals surface area contributed by atoms with Gasteiger partial charge in [0.15, 0.2) is 11.5 Å². The van der Waals surface area contributed by atoms with Gasteiger partial charge >= 0.3 is 0 Å². The molecule has 23 heavy (non-hydrogen) atoms. The highest BCUT2D eigenvalue weighted by atomic mass is 16.5. The molecule has 0 N–H and O–H groups in total. The number of para-hydroxylation sites is 3. The molecule has 2 heterocycles. The Hall–Kier alpha value is -2.74. The normalized spacial score (nSPS) is 15.1. The molecule has 0 amide bonds. The first kappa shape index (κ1) is 11.8. The Morgan fingerprint density at radius 1 is 0.826 bits per heavy atom. The van der Waals surface area contributed by atoms with E-state index in [2.05, 4.69) is 54.3 Å². The molecule has 0 fully saturated rings. The van der Waals surface area contributed by atoms with Crippen molar-refractivity contribution in [1.29, 1.82) is 0 Å². The Balaban J connectivity index is 1.72. The number of anilines is 3. The van der Waals surface area contributed by atoms with Crippen LogP contribution in [0.1, 0.15) is 27.8 Å². The fourth-order valence-corrected chi connectivity index (χ4v) is 4.29. The second kappa shape index (κ2) is 3.77. The molecule has 110 valence electrons. The van der Waals surface area contributed by atoms with E-state index in [0.717, 1.165) is 30.0 Å². The van der Waals surface area contributed by atoms with Crippen LogP contribution < -0.4 is 9.64 Å². The van der Waals surface area contributed by atoms with Crippen LogP contribution in [0.4, 0.5) is 17.1 Å². The molecule has 0 saturated carbocycles. The lowest BCUT2D eigenvalue weighted by atomic mass is 9.77. The van der Waals surface area contributed by atoms with E-state index in [9.17, 15) is 0 Å². The Morgan fingerprint density at radius 2 is 1.65 bits per heavy atom. The largest absolute Gasteiger partial charge is 0.453 e. The summed E-state index contributed by atoms with van der Waals surface area (Å²) in [5.41, 5.74) is 11.1. The van der Waals surface area contributed by atoms with E-state index in [1.54, 1.807) is 5.56 Å². The minimum Gasteiger partial charge on any atom is -0.453 e. The van der Waals surface area contributed by atoms with Gasteiger partial charge in [-0.1, -0.05) is 24.3 Å².